The summed E-state index contributed by atoms with van der Waals surface area (Å²) in [5.74, 6) is 0. The van der Waals surface area contributed by atoms with Gasteiger partial charge in [-0.2, -0.15) is 5.26 Å². The van der Waals surface area contributed by atoms with E-state index in [1.807, 2.05) is 30.3 Å². The van der Waals surface area contributed by atoms with Crippen LogP contribution in [0.5, 0.6) is 0 Å². The van der Waals surface area contributed by atoms with E-state index in [0.29, 0.717) is 13.0 Å². The molecule has 0 saturated heterocycles. The highest BCUT2D eigenvalue weighted by molar-refractivity contribution is 5.14. The first-order valence-electron chi connectivity index (χ1n) is 6.18. The number of nitrogens with zero attached hydrogens (tertiary/aromatic N) is 2. The highest BCUT2D eigenvalue weighted by Gasteiger charge is 2.11. The van der Waals surface area contributed by atoms with Crippen molar-refractivity contribution in [1.29, 1.82) is 5.26 Å². The molecule has 1 aromatic carbocycles. The van der Waals surface area contributed by atoms with Crippen molar-refractivity contribution >= 4 is 0 Å². The maximum atomic E-state index is 9.51. The van der Waals surface area contributed by atoms with Crippen molar-refractivity contribution in [2.75, 3.05) is 19.7 Å². The van der Waals surface area contributed by atoms with Crippen LogP contribution in [0, 0.1) is 11.3 Å². The highest BCUT2D eigenvalue weighted by atomic mass is 16.3. The second-order valence-corrected chi connectivity index (χ2v) is 4.32. The molecule has 0 aliphatic rings. The lowest BCUT2D eigenvalue weighted by atomic mass is 10.2. The molecule has 1 rings (SSSR count). The Morgan fingerprint density at radius 3 is 2.61 bits per heavy atom. The maximum Gasteiger partial charge on any atom is 0.0897 e. The maximum absolute atomic E-state index is 9.51. The van der Waals surface area contributed by atoms with E-state index >= 15 is 0 Å². The number of aliphatic hydroxyl groups is 2. The number of unbranched alkanes of at least 4 members (excludes halogenated alkanes) is 1. The van der Waals surface area contributed by atoms with Crippen LogP contribution in [0.25, 0.3) is 0 Å². The predicted octanol–water partition coefficient (Wildman–Crippen LogP) is 1.15. The number of hydrogen-bond donors (Lipinski definition) is 2. The molecule has 4 heteroatoms. The lowest BCUT2D eigenvalue weighted by Gasteiger charge is -2.24. The van der Waals surface area contributed by atoms with E-state index in [9.17, 15) is 5.11 Å². The molecule has 0 aliphatic carbocycles. The zero-order valence-electron chi connectivity index (χ0n) is 10.5. The Morgan fingerprint density at radius 1 is 1.28 bits per heavy atom. The Hall–Kier alpha value is -1.41. The largest absolute Gasteiger partial charge is 0.394 e. The van der Waals surface area contributed by atoms with Gasteiger partial charge >= 0.3 is 0 Å². The van der Waals surface area contributed by atoms with Crippen LogP contribution in [-0.4, -0.2) is 40.9 Å². The fraction of sp³-hybridized carbons (Fsp3) is 0.500. The lowest BCUT2D eigenvalue weighted by Crippen LogP contribution is -2.34. The molecule has 0 amide bonds. The molecule has 0 bridgehead atoms. The topological polar surface area (TPSA) is 67.5 Å². The van der Waals surface area contributed by atoms with Gasteiger partial charge in [0.1, 0.15) is 0 Å². The smallest absolute Gasteiger partial charge is 0.0897 e. The Morgan fingerprint density at radius 2 is 2.00 bits per heavy atom. The molecular weight excluding hydrogens is 228 g/mol. The molecule has 4 nitrogen and oxygen atoms in total. The summed E-state index contributed by atoms with van der Waals surface area (Å²) >= 11 is 0. The van der Waals surface area contributed by atoms with Crippen molar-refractivity contribution in [2.24, 2.45) is 0 Å². The predicted molar refractivity (Wildman–Crippen MR) is 69.7 cm³/mol. The van der Waals surface area contributed by atoms with Crippen molar-refractivity contribution in [1.82, 2.24) is 4.90 Å². The molecule has 0 radical (unpaired) electrons. The van der Waals surface area contributed by atoms with Gasteiger partial charge in [-0.05, 0) is 18.5 Å². The summed E-state index contributed by atoms with van der Waals surface area (Å²) < 4.78 is 0. The van der Waals surface area contributed by atoms with E-state index in [4.69, 9.17) is 10.4 Å². The van der Waals surface area contributed by atoms with Crippen molar-refractivity contribution in [3.63, 3.8) is 0 Å². The van der Waals surface area contributed by atoms with Crippen molar-refractivity contribution < 1.29 is 10.2 Å². The van der Waals surface area contributed by atoms with E-state index in [1.165, 1.54) is 5.56 Å². The number of rotatable bonds is 8. The summed E-state index contributed by atoms with van der Waals surface area (Å²) in [6.07, 6.45) is 0.568. The fourth-order valence-electron chi connectivity index (χ4n) is 1.81. The summed E-state index contributed by atoms with van der Waals surface area (Å²) in [6.45, 7) is 1.67. The van der Waals surface area contributed by atoms with E-state index < -0.39 is 6.10 Å². The molecule has 0 saturated carbocycles. The third-order valence-corrected chi connectivity index (χ3v) is 2.69. The average molecular weight is 248 g/mol. The lowest BCUT2D eigenvalue weighted by molar-refractivity contribution is 0.0564. The Labute approximate surface area is 108 Å². The van der Waals surface area contributed by atoms with Gasteiger partial charge in [0.05, 0.1) is 18.8 Å². The second kappa shape index (κ2) is 8.65. The number of aliphatic hydroxyl groups excluding tert-OH is 2. The van der Waals surface area contributed by atoms with Gasteiger partial charge < -0.3 is 10.2 Å². The van der Waals surface area contributed by atoms with Crippen molar-refractivity contribution in [3.05, 3.63) is 35.9 Å². The molecule has 0 fully saturated rings. The fourth-order valence-corrected chi connectivity index (χ4v) is 1.81. The normalized spacial score (nSPS) is 12.3. The molecule has 2 N–H and O–H groups in total. The van der Waals surface area contributed by atoms with Crippen LogP contribution >= 0.6 is 0 Å². The summed E-state index contributed by atoms with van der Waals surface area (Å²) in [5, 5.41) is 26.9. The first kappa shape index (κ1) is 14.7. The molecule has 18 heavy (non-hydrogen) atoms. The number of benzene rings is 1. The third kappa shape index (κ3) is 5.78. The minimum Gasteiger partial charge on any atom is -0.394 e. The van der Waals surface area contributed by atoms with Gasteiger partial charge in [0, 0.05) is 19.5 Å². The Bertz CT molecular complexity index is 362. The van der Waals surface area contributed by atoms with Crippen LogP contribution in [0.1, 0.15) is 18.4 Å². The third-order valence-electron chi connectivity index (χ3n) is 2.69. The quantitative estimate of drug-likeness (QED) is 0.677. The summed E-state index contributed by atoms with van der Waals surface area (Å²) in [4.78, 5) is 2.06. The second-order valence-electron chi connectivity index (χ2n) is 4.32. The molecule has 1 unspecified atom stereocenters. The van der Waals surface area contributed by atoms with Crippen molar-refractivity contribution in [3.8, 4) is 6.07 Å². The molecular formula is C14H20N2O2. The van der Waals surface area contributed by atoms with Crippen LogP contribution in [0.3, 0.4) is 0 Å². The van der Waals surface area contributed by atoms with E-state index in [2.05, 4.69) is 11.0 Å². The van der Waals surface area contributed by atoms with Crippen molar-refractivity contribution in [2.45, 2.75) is 25.5 Å². The zero-order chi connectivity index (χ0) is 13.2. The molecule has 98 valence electrons. The standard InChI is InChI=1S/C14H20N2O2/c15-8-4-5-9-16(11-14(18)12-17)10-13-6-2-1-3-7-13/h1-3,6-7,14,17-18H,4-5,9-12H2. The van der Waals surface area contributed by atoms with Gasteiger partial charge in [0.25, 0.3) is 0 Å². The molecule has 1 aromatic rings. The zero-order valence-corrected chi connectivity index (χ0v) is 10.5. The van der Waals surface area contributed by atoms with Gasteiger partial charge in [-0.15, -0.1) is 0 Å². The summed E-state index contributed by atoms with van der Waals surface area (Å²) in [7, 11) is 0. The molecule has 0 spiro atoms. The number of nitriles is 1. The monoisotopic (exact) mass is 248 g/mol. The van der Waals surface area contributed by atoms with E-state index in [1.54, 1.807) is 0 Å². The van der Waals surface area contributed by atoms with Crippen LogP contribution in [-0.2, 0) is 6.54 Å². The minimum atomic E-state index is -0.726. The minimum absolute atomic E-state index is 0.233. The molecule has 0 aliphatic heterocycles. The highest BCUT2D eigenvalue weighted by Crippen LogP contribution is 2.06. The summed E-state index contributed by atoms with van der Waals surface area (Å²) in [6, 6.07) is 12.1. The number of hydrogen-bond acceptors (Lipinski definition) is 4. The van der Waals surface area contributed by atoms with Crippen LogP contribution in [0.4, 0.5) is 0 Å². The van der Waals surface area contributed by atoms with Gasteiger partial charge in [-0.1, -0.05) is 30.3 Å². The van der Waals surface area contributed by atoms with Crippen LogP contribution in [0.2, 0.25) is 0 Å². The van der Waals surface area contributed by atoms with E-state index in [0.717, 1.165) is 19.5 Å². The van der Waals surface area contributed by atoms with Gasteiger partial charge in [-0.25, -0.2) is 0 Å². The van der Waals surface area contributed by atoms with Gasteiger partial charge in [-0.3, -0.25) is 4.90 Å². The first-order chi connectivity index (χ1) is 8.76. The molecule has 1 atom stereocenters. The van der Waals surface area contributed by atoms with E-state index in [-0.39, 0.29) is 6.61 Å². The van der Waals surface area contributed by atoms with Gasteiger partial charge in [0.2, 0.25) is 0 Å². The SMILES string of the molecule is N#CCCCN(Cc1ccccc1)CC(O)CO. The average Bonchev–Trinajstić information content (AvgIpc) is 2.40. The summed E-state index contributed by atoms with van der Waals surface area (Å²) in [5.41, 5.74) is 1.17. The molecule has 0 heterocycles. The Balaban J connectivity index is 2.51. The first-order valence-corrected chi connectivity index (χ1v) is 6.18. The Kier molecular flexibility index (Phi) is 7.04. The molecule has 0 aromatic heterocycles. The van der Waals surface area contributed by atoms with Crippen LogP contribution in [0.15, 0.2) is 30.3 Å². The van der Waals surface area contributed by atoms with Gasteiger partial charge in [0.15, 0.2) is 0 Å². The van der Waals surface area contributed by atoms with Crippen LogP contribution < -0.4 is 0 Å².